The van der Waals surface area contributed by atoms with Gasteiger partial charge < -0.3 is 29.1 Å². The van der Waals surface area contributed by atoms with E-state index >= 15 is 0 Å². The zero-order chi connectivity index (χ0) is 31.0. The molecule has 2 aliphatic rings. The number of hydrogen-bond donors (Lipinski definition) is 0. The summed E-state index contributed by atoms with van der Waals surface area (Å²) in [5, 5.41) is 0. The zero-order valence-corrected chi connectivity index (χ0v) is 25.6. The number of aromatic nitrogens is 2. The zero-order valence-electron chi connectivity index (χ0n) is 25.6. The number of anilines is 6. The fourth-order valence-corrected chi connectivity index (χ4v) is 6.13. The molecule has 0 fully saturated rings. The summed E-state index contributed by atoms with van der Waals surface area (Å²) in [6, 6.07) is 40.7. The van der Waals surface area contributed by atoms with Crippen molar-refractivity contribution in [2.45, 2.75) is 0 Å². The first-order valence-corrected chi connectivity index (χ1v) is 15.2. The van der Waals surface area contributed by atoms with Gasteiger partial charge in [-0.25, -0.2) is 0 Å². The average Bonchev–Trinajstić information content (AvgIpc) is 3.62. The lowest BCUT2D eigenvalue weighted by Crippen LogP contribution is -2.23. The van der Waals surface area contributed by atoms with Crippen molar-refractivity contribution < 1.29 is 9.47 Å². The molecule has 6 aromatic rings. The minimum absolute atomic E-state index is 0.678. The summed E-state index contributed by atoms with van der Waals surface area (Å²) in [6.07, 6.45) is 3.48. The maximum Gasteiger partial charge on any atom is 0.131 e. The van der Waals surface area contributed by atoms with Crippen molar-refractivity contribution in [3.63, 3.8) is 0 Å². The van der Waals surface area contributed by atoms with Crippen LogP contribution in [0.3, 0.4) is 0 Å². The molecule has 0 saturated heterocycles. The first-order chi connectivity index (χ1) is 22.6. The minimum Gasteiger partial charge on any atom is -0.457 e. The van der Waals surface area contributed by atoms with Gasteiger partial charge in [0, 0.05) is 62.1 Å². The standard InChI is InChI=1S/C38H32N6O2/c1-41-25-43(37-15-5-3-13-35(37)41)27-9-7-11-29(21-27)45-31-17-19-39-33(23-31)34-24-32(18-20-40-34)46-30-12-8-10-28(22-30)44-26-42(2)36-14-4-6-16-38(36)44/h3-24H,25-26H2,1-2H3. The molecule has 2 aromatic heterocycles. The lowest BCUT2D eigenvalue weighted by molar-refractivity contribution is 0.481. The smallest absolute Gasteiger partial charge is 0.131 e. The highest BCUT2D eigenvalue weighted by atomic mass is 16.5. The average molecular weight is 605 g/mol. The Kier molecular flexibility index (Phi) is 6.87. The molecule has 0 bridgehead atoms. The summed E-state index contributed by atoms with van der Waals surface area (Å²) in [6.45, 7) is 1.56. The molecular weight excluding hydrogens is 572 g/mol. The second-order valence-electron chi connectivity index (χ2n) is 11.5. The predicted molar refractivity (Wildman–Crippen MR) is 184 cm³/mol. The topological polar surface area (TPSA) is 57.2 Å². The molecule has 8 nitrogen and oxygen atoms in total. The van der Waals surface area contributed by atoms with Crippen LogP contribution >= 0.6 is 0 Å². The van der Waals surface area contributed by atoms with Crippen LogP contribution in [-0.4, -0.2) is 37.4 Å². The molecule has 0 radical (unpaired) electrons. The van der Waals surface area contributed by atoms with Gasteiger partial charge in [-0.2, -0.15) is 0 Å². The van der Waals surface area contributed by atoms with Crippen LogP contribution in [0, 0.1) is 0 Å². The van der Waals surface area contributed by atoms with E-state index in [2.05, 4.69) is 116 Å². The van der Waals surface area contributed by atoms with Gasteiger partial charge in [-0.1, -0.05) is 36.4 Å². The van der Waals surface area contributed by atoms with Crippen LogP contribution in [0.4, 0.5) is 34.1 Å². The number of ether oxygens (including phenoxy) is 2. The van der Waals surface area contributed by atoms with Crippen LogP contribution in [0.15, 0.2) is 134 Å². The molecule has 8 rings (SSSR count). The summed E-state index contributed by atoms with van der Waals surface area (Å²) in [5.74, 6) is 2.85. The number of para-hydroxylation sites is 4. The number of rotatable bonds is 7. The van der Waals surface area contributed by atoms with Crippen molar-refractivity contribution in [2.24, 2.45) is 0 Å². The van der Waals surface area contributed by atoms with Gasteiger partial charge >= 0.3 is 0 Å². The van der Waals surface area contributed by atoms with Crippen LogP contribution < -0.4 is 29.1 Å². The van der Waals surface area contributed by atoms with Crippen molar-refractivity contribution in [2.75, 3.05) is 47.0 Å². The number of hydrogen-bond acceptors (Lipinski definition) is 8. The van der Waals surface area contributed by atoms with Crippen molar-refractivity contribution >= 4 is 34.1 Å². The van der Waals surface area contributed by atoms with E-state index in [0.29, 0.717) is 22.9 Å². The van der Waals surface area contributed by atoms with Gasteiger partial charge in [0.1, 0.15) is 23.0 Å². The van der Waals surface area contributed by atoms with Crippen molar-refractivity contribution in [1.82, 2.24) is 9.97 Å². The molecule has 8 heteroatoms. The highest BCUT2D eigenvalue weighted by Gasteiger charge is 2.25. The van der Waals surface area contributed by atoms with Gasteiger partial charge in [-0.05, 0) is 60.7 Å². The molecule has 0 amide bonds. The van der Waals surface area contributed by atoms with Crippen molar-refractivity contribution in [3.05, 3.63) is 134 Å². The maximum atomic E-state index is 6.33. The highest BCUT2D eigenvalue weighted by Crippen LogP contribution is 2.42. The molecule has 0 spiro atoms. The summed E-state index contributed by atoms with van der Waals surface area (Å²) >= 11 is 0. The Morgan fingerprint density at radius 1 is 0.457 bits per heavy atom. The van der Waals surface area contributed by atoms with Crippen LogP contribution in [-0.2, 0) is 0 Å². The molecule has 0 saturated carbocycles. The van der Waals surface area contributed by atoms with Gasteiger partial charge in [-0.15, -0.1) is 0 Å². The van der Waals surface area contributed by atoms with E-state index in [1.165, 1.54) is 22.7 Å². The quantitative estimate of drug-likeness (QED) is 0.179. The van der Waals surface area contributed by atoms with E-state index in [0.717, 1.165) is 36.2 Å². The predicted octanol–water partition coefficient (Wildman–Crippen LogP) is 8.82. The summed E-state index contributed by atoms with van der Waals surface area (Å²) in [4.78, 5) is 18.2. The lowest BCUT2D eigenvalue weighted by atomic mass is 10.2. The fraction of sp³-hybridized carbons (Fsp3) is 0.105. The Hall–Kier alpha value is -6.02. The molecule has 2 aliphatic heterocycles. The van der Waals surface area contributed by atoms with Gasteiger partial charge in [0.05, 0.1) is 47.5 Å². The summed E-state index contributed by atoms with van der Waals surface area (Å²) in [5.41, 5.74) is 8.32. The van der Waals surface area contributed by atoms with Gasteiger partial charge in [0.25, 0.3) is 0 Å². The Morgan fingerprint density at radius 3 is 1.33 bits per heavy atom. The normalized spacial score (nSPS) is 13.5. The molecule has 4 aromatic carbocycles. The molecule has 0 atom stereocenters. The van der Waals surface area contributed by atoms with Crippen LogP contribution in [0.1, 0.15) is 0 Å². The molecule has 4 heterocycles. The number of fused-ring (bicyclic) bond motifs is 2. The second kappa shape index (κ2) is 11.5. The SMILES string of the molecule is CN1CN(c2cccc(Oc3ccnc(-c4cc(Oc5cccc(N6CN(C)c7ccccc76)c5)ccn4)c3)c2)c2ccccc21. The van der Waals surface area contributed by atoms with Crippen molar-refractivity contribution in [3.8, 4) is 34.4 Å². The van der Waals surface area contributed by atoms with E-state index in [1.54, 1.807) is 12.4 Å². The van der Waals surface area contributed by atoms with E-state index in [9.17, 15) is 0 Å². The lowest BCUT2D eigenvalue weighted by Gasteiger charge is -2.20. The van der Waals surface area contributed by atoms with E-state index in [4.69, 9.17) is 9.47 Å². The Morgan fingerprint density at radius 2 is 0.870 bits per heavy atom. The largest absolute Gasteiger partial charge is 0.457 e. The molecule has 0 aliphatic carbocycles. The Bertz CT molecular complexity index is 1900. The first kappa shape index (κ1) is 27.5. The van der Waals surface area contributed by atoms with Crippen LogP contribution in [0.25, 0.3) is 11.4 Å². The highest BCUT2D eigenvalue weighted by molar-refractivity contribution is 5.83. The van der Waals surface area contributed by atoms with Crippen LogP contribution in [0.5, 0.6) is 23.0 Å². The molecule has 0 N–H and O–H groups in total. The van der Waals surface area contributed by atoms with Gasteiger partial charge in [-0.3, -0.25) is 9.97 Å². The second-order valence-corrected chi connectivity index (χ2v) is 11.5. The summed E-state index contributed by atoms with van der Waals surface area (Å²) in [7, 11) is 4.21. The monoisotopic (exact) mass is 604 g/mol. The first-order valence-electron chi connectivity index (χ1n) is 15.2. The Balaban J connectivity index is 0.997. The number of benzene rings is 4. The number of nitrogens with zero attached hydrogens (tertiary/aromatic N) is 6. The van der Waals surface area contributed by atoms with Gasteiger partial charge in [0.15, 0.2) is 0 Å². The van der Waals surface area contributed by atoms with E-state index < -0.39 is 0 Å². The van der Waals surface area contributed by atoms with E-state index in [-0.39, 0.29) is 0 Å². The van der Waals surface area contributed by atoms with Crippen LogP contribution in [0.2, 0.25) is 0 Å². The third-order valence-electron chi connectivity index (χ3n) is 8.33. The van der Waals surface area contributed by atoms with E-state index in [1.807, 2.05) is 48.5 Å². The molecule has 0 unspecified atom stereocenters. The summed E-state index contributed by atoms with van der Waals surface area (Å²) < 4.78 is 12.7. The molecule has 226 valence electrons. The third-order valence-corrected chi connectivity index (χ3v) is 8.33. The molecular formula is C38H32N6O2. The van der Waals surface area contributed by atoms with Crippen molar-refractivity contribution in [1.29, 1.82) is 0 Å². The third kappa shape index (κ3) is 5.20. The maximum absolute atomic E-state index is 6.33. The van der Waals surface area contributed by atoms with Gasteiger partial charge in [0.2, 0.25) is 0 Å². The molecule has 46 heavy (non-hydrogen) atoms. The number of pyridine rings is 2. The minimum atomic E-state index is 0.678. The fourth-order valence-electron chi connectivity index (χ4n) is 6.13. The Labute approximate surface area is 268 Å².